The van der Waals surface area contributed by atoms with E-state index in [0.29, 0.717) is 6.54 Å². The Kier molecular flexibility index (Phi) is 3.61. The molecule has 0 spiro atoms. The van der Waals surface area contributed by atoms with Crippen molar-refractivity contribution in [3.05, 3.63) is 47.8 Å². The molecule has 5 heteroatoms. The largest absolute Gasteiger partial charge is 0.312 e. The van der Waals surface area contributed by atoms with Gasteiger partial charge in [0.25, 0.3) is 0 Å². The van der Waals surface area contributed by atoms with Crippen LogP contribution in [0.15, 0.2) is 30.6 Å². The second-order valence-corrected chi connectivity index (χ2v) is 3.49. The summed E-state index contributed by atoms with van der Waals surface area (Å²) >= 11 is 0. The second-order valence-electron chi connectivity index (χ2n) is 3.49. The van der Waals surface area contributed by atoms with Gasteiger partial charge in [0, 0.05) is 19.5 Å². The molecule has 0 fully saturated rings. The number of nitrogens with one attached hydrogen (secondary N) is 2. The van der Waals surface area contributed by atoms with Crippen molar-refractivity contribution in [1.29, 1.82) is 0 Å². The maximum Gasteiger partial charge on any atom is 0.137 e. The van der Waals surface area contributed by atoms with E-state index in [9.17, 15) is 4.39 Å². The summed E-state index contributed by atoms with van der Waals surface area (Å²) < 4.78 is 12.8. The number of aromatic amines is 1. The van der Waals surface area contributed by atoms with E-state index in [4.69, 9.17) is 0 Å². The van der Waals surface area contributed by atoms with E-state index in [1.807, 2.05) is 6.07 Å². The number of nitrogens with zero attached hydrogens (tertiary/aromatic N) is 2. The van der Waals surface area contributed by atoms with E-state index in [1.165, 1.54) is 18.5 Å². The van der Waals surface area contributed by atoms with Crippen LogP contribution in [0.1, 0.15) is 11.4 Å². The first-order valence-electron chi connectivity index (χ1n) is 5.14. The molecular weight excluding hydrogens is 207 g/mol. The maximum atomic E-state index is 12.8. The van der Waals surface area contributed by atoms with Crippen molar-refractivity contribution in [3.8, 4) is 0 Å². The van der Waals surface area contributed by atoms with Crippen molar-refractivity contribution in [2.75, 3.05) is 6.54 Å². The molecule has 0 aliphatic rings. The highest BCUT2D eigenvalue weighted by Crippen LogP contribution is 2.02. The van der Waals surface area contributed by atoms with E-state index in [2.05, 4.69) is 20.5 Å². The van der Waals surface area contributed by atoms with Gasteiger partial charge >= 0.3 is 0 Å². The number of H-pyrrole nitrogens is 1. The summed E-state index contributed by atoms with van der Waals surface area (Å²) in [6.07, 6.45) is 2.28. The molecule has 0 unspecified atom stereocenters. The fourth-order valence-corrected chi connectivity index (χ4v) is 1.44. The number of aromatic nitrogens is 3. The lowest BCUT2D eigenvalue weighted by molar-refractivity contribution is 0.619. The van der Waals surface area contributed by atoms with Crippen LogP contribution < -0.4 is 5.32 Å². The summed E-state index contributed by atoms with van der Waals surface area (Å²) in [6, 6.07) is 6.58. The van der Waals surface area contributed by atoms with Crippen LogP contribution in [-0.2, 0) is 13.0 Å². The van der Waals surface area contributed by atoms with Gasteiger partial charge in [0.1, 0.15) is 18.0 Å². The van der Waals surface area contributed by atoms with Crippen LogP contribution in [0.3, 0.4) is 0 Å². The molecule has 0 bridgehead atoms. The molecule has 1 aromatic carbocycles. The predicted octanol–water partition coefficient (Wildman–Crippen LogP) is 1.28. The minimum absolute atomic E-state index is 0.200. The maximum absolute atomic E-state index is 12.8. The number of benzene rings is 1. The Balaban J connectivity index is 1.72. The number of hydrogen-bond donors (Lipinski definition) is 2. The Labute approximate surface area is 92.9 Å². The molecule has 0 saturated heterocycles. The fourth-order valence-electron chi connectivity index (χ4n) is 1.44. The molecule has 1 heterocycles. The van der Waals surface area contributed by atoms with Crippen LogP contribution in [0.2, 0.25) is 0 Å². The summed E-state index contributed by atoms with van der Waals surface area (Å²) in [5.41, 5.74) is 0.942. The van der Waals surface area contributed by atoms with Gasteiger partial charge in [-0.05, 0) is 17.7 Å². The molecule has 0 aliphatic carbocycles. The zero-order valence-corrected chi connectivity index (χ0v) is 8.78. The van der Waals surface area contributed by atoms with Crippen molar-refractivity contribution in [2.24, 2.45) is 0 Å². The molecule has 84 valence electrons. The Hall–Kier alpha value is -1.75. The minimum Gasteiger partial charge on any atom is -0.312 e. The third kappa shape index (κ3) is 3.13. The first-order valence-corrected chi connectivity index (χ1v) is 5.14. The van der Waals surface area contributed by atoms with Crippen LogP contribution in [0.25, 0.3) is 0 Å². The Morgan fingerprint density at radius 1 is 1.38 bits per heavy atom. The molecule has 2 N–H and O–H groups in total. The zero-order chi connectivity index (χ0) is 11.2. The average Bonchev–Trinajstić information content (AvgIpc) is 2.77. The SMILES string of the molecule is Fc1cccc(CNCCc2ncn[nH]2)c1. The van der Waals surface area contributed by atoms with Gasteiger partial charge in [0.15, 0.2) is 0 Å². The number of rotatable bonds is 5. The van der Waals surface area contributed by atoms with Crippen LogP contribution in [0.4, 0.5) is 4.39 Å². The van der Waals surface area contributed by atoms with E-state index in [-0.39, 0.29) is 5.82 Å². The van der Waals surface area contributed by atoms with Gasteiger partial charge in [0.2, 0.25) is 0 Å². The molecule has 4 nitrogen and oxygen atoms in total. The van der Waals surface area contributed by atoms with Crippen molar-refractivity contribution < 1.29 is 4.39 Å². The van der Waals surface area contributed by atoms with Crippen LogP contribution in [0, 0.1) is 5.82 Å². The van der Waals surface area contributed by atoms with Crippen molar-refractivity contribution in [1.82, 2.24) is 20.5 Å². The van der Waals surface area contributed by atoms with Gasteiger partial charge in [-0.2, -0.15) is 5.10 Å². The molecule has 0 saturated carbocycles. The van der Waals surface area contributed by atoms with Gasteiger partial charge in [-0.15, -0.1) is 0 Å². The summed E-state index contributed by atoms with van der Waals surface area (Å²) in [5, 5.41) is 9.75. The molecule has 0 radical (unpaired) electrons. The predicted molar refractivity (Wildman–Crippen MR) is 58.2 cm³/mol. The third-order valence-electron chi connectivity index (χ3n) is 2.22. The quantitative estimate of drug-likeness (QED) is 0.746. The summed E-state index contributed by atoms with van der Waals surface area (Å²) in [5.74, 6) is 0.654. The lowest BCUT2D eigenvalue weighted by Crippen LogP contribution is -2.17. The zero-order valence-electron chi connectivity index (χ0n) is 8.78. The monoisotopic (exact) mass is 220 g/mol. The van der Waals surface area contributed by atoms with Gasteiger partial charge in [-0.3, -0.25) is 5.10 Å². The molecule has 16 heavy (non-hydrogen) atoms. The van der Waals surface area contributed by atoms with Crippen molar-refractivity contribution in [3.63, 3.8) is 0 Å². The number of hydrogen-bond acceptors (Lipinski definition) is 3. The first-order chi connectivity index (χ1) is 7.84. The summed E-state index contributed by atoms with van der Waals surface area (Å²) in [7, 11) is 0. The lowest BCUT2D eigenvalue weighted by atomic mass is 10.2. The number of halogens is 1. The van der Waals surface area contributed by atoms with Gasteiger partial charge < -0.3 is 5.32 Å². The third-order valence-corrected chi connectivity index (χ3v) is 2.22. The van der Waals surface area contributed by atoms with E-state index in [0.717, 1.165) is 24.4 Å². The van der Waals surface area contributed by atoms with Crippen LogP contribution in [0.5, 0.6) is 0 Å². The minimum atomic E-state index is -0.200. The molecule has 2 aromatic rings. The average molecular weight is 220 g/mol. The fraction of sp³-hybridized carbons (Fsp3) is 0.273. The van der Waals surface area contributed by atoms with Crippen LogP contribution >= 0.6 is 0 Å². The smallest absolute Gasteiger partial charge is 0.137 e. The van der Waals surface area contributed by atoms with Gasteiger partial charge in [-0.1, -0.05) is 12.1 Å². The molecule has 1 aromatic heterocycles. The molecule has 0 aliphatic heterocycles. The van der Waals surface area contributed by atoms with Gasteiger partial charge in [-0.25, -0.2) is 9.37 Å². The summed E-state index contributed by atoms with van der Waals surface area (Å²) in [6.45, 7) is 1.44. The molecular formula is C11H13FN4. The van der Waals surface area contributed by atoms with E-state index in [1.54, 1.807) is 6.07 Å². The van der Waals surface area contributed by atoms with E-state index < -0.39 is 0 Å². The van der Waals surface area contributed by atoms with Gasteiger partial charge in [0.05, 0.1) is 0 Å². The topological polar surface area (TPSA) is 53.6 Å². The Morgan fingerprint density at radius 2 is 2.31 bits per heavy atom. The second kappa shape index (κ2) is 5.37. The van der Waals surface area contributed by atoms with Crippen molar-refractivity contribution in [2.45, 2.75) is 13.0 Å². The molecule has 0 amide bonds. The normalized spacial score (nSPS) is 10.6. The van der Waals surface area contributed by atoms with Crippen LogP contribution in [-0.4, -0.2) is 21.7 Å². The first kappa shape index (κ1) is 10.8. The highest BCUT2D eigenvalue weighted by Gasteiger charge is 1.97. The highest BCUT2D eigenvalue weighted by atomic mass is 19.1. The summed E-state index contributed by atoms with van der Waals surface area (Å²) in [4.78, 5) is 4.01. The standard InChI is InChI=1S/C11H13FN4/c12-10-3-1-2-9(6-10)7-13-5-4-11-14-8-15-16-11/h1-3,6,8,13H,4-5,7H2,(H,14,15,16). The van der Waals surface area contributed by atoms with E-state index >= 15 is 0 Å². The van der Waals surface area contributed by atoms with Crippen molar-refractivity contribution >= 4 is 0 Å². The Morgan fingerprint density at radius 3 is 3.06 bits per heavy atom. The molecule has 2 rings (SSSR count). The molecule has 0 atom stereocenters. The lowest BCUT2D eigenvalue weighted by Gasteiger charge is -2.03. The Bertz CT molecular complexity index is 427. The highest BCUT2D eigenvalue weighted by molar-refractivity contribution is 5.15.